The number of aliphatic hydroxyl groups excluding tert-OH is 3. The number of likely N-dealkylation sites (N-methyl/N-ethyl adjacent to an activating group) is 1. The Balaban J connectivity index is 1.57. The molecule has 0 radical (unpaired) electrons. The second-order valence-corrected chi connectivity index (χ2v) is 8.24. The number of amides is 1. The predicted molar refractivity (Wildman–Crippen MR) is 115 cm³/mol. The fourth-order valence-electron chi connectivity index (χ4n) is 4.01. The van der Waals surface area contributed by atoms with Crippen molar-refractivity contribution in [1.29, 1.82) is 0 Å². The summed E-state index contributed by atoms with van der Waals surface area (Å²) in [5, 5.41) is 39.4. The number of carbonyl (C=O) groups is 1. The Morgan fingerprint density at radius 1 is 1.11 bits per heavy atom. The SMILES string of the molecule is CN(C(=O)Cc1ccc(F)c(F)c1)[C@@H]1O[C@H](CO)[C@H](O)[C@H](n2cc(-c3cccc(F)c3)nn2)[C@H]1O. The molecule has 186 valence electrons. The lowest BCUT2D eigenvalue weighted by atomic mass is 9.94. The number of hydrogen-bond donors (Lipinski definition) is 3. The van der Waals surface area contributed by atoms with Gasteiger partial charge in [0.2, 0.25) is 5.91 Å². The topological polar surface area (TPSA) is 121 Å². The first kappa shape index (κ1) is 24.8. The van der Waals surface area contributed by atoms with Crippen molar-refractivity contribution >= 4 is 5.91 Å². The van der Waals surface area contributed by atoms with Crippen LogP contribution in [0.2, 0.25) is 0 Å². The van der Waals surface area contributed by atoms with Crippen LogP contribution in [-0.2, 0) is 16.0 Å². The number of nitrogens with zero attached hydrogens (tertiary/aromatic N) is 4. The van der Waals surface area contributed by atoms with Crippen molar-refractivity contribution in [2.45, 2.75) is 37.0 Å². The van der Waals surface area contributed by atoms with E-state index in [0.29, 0.717) is 5.56 Å². The molecule has 0 saturated carbocycles. The Bertz CT molecular complexity index is 1210. The number of rotatable bonds is 6. The first-order valence-corrected chi connectivity index (χ1v) is 10.7. The summed E-state index contributed by atoms with van der Waals surface area (Å²) >= 11 is 0. The van der Waals surface area contributed by atoms with Gasteiger partial charge in [0.15, 0.2) is 17.9 Å². The molecule has 1 saturated heterocycles. The van der Waals surface area contributed by atoms with Crippen LogP contribution in [0.25, 0.3) is 11.3 Å². The van der Waals surface area contributed by atoms with E-state index < -0.39 is 60.5 Å². The zero-order valence-electron chi connectivity index (χ0n) is 18.5. The van der Waals surface area contributed by atoms with E-state index in [2.05, 4.69) is 10.3 Å². The van der Waals surface area contributed by atoms with Gasteiger partial charge in [-0.1, -0.05) is 23.4 Å². The van der Waals surface area contributed by atoms with Crippen LogP contribution >= 0.6 is 0 Å². The average Bonchev–Trinajstić information content (AvgIpc) is 3.31. The van der Waals surface area contributed by atoms with Crippen LogP contribution in [0, 0.1) is 17.5 Å². The van der Waals surface area contributed by atoms with Crippen LogP contribution in [0.5, 0.6) is 0 Å². The number of hydrogen-bond acceptors (Lipinski definition) is 7. The van der Waals surface area contributed by atoms with Crippen molar-refractivity contribution in [3.8, 4) is 11.3 Å². The van der Waals surface area contributed by atoms with Crippen molar-refractivity contribution in [3.63, 3.8) is 0 Å². The van der Waals surface area contributed by atoms with Gasteiger partial charge in [-0.25, -0.2) is 17.9 Å². The summed E-state index contributed by atoms with van der Waals surface area (Å²) in [5.74, 6) is -3.22. The molecule has 0 unspecified atom stereocenters. The third-order valence-corrected chi connectivity index (χ3v) is 5.92. The zero-order valence-corrected chi connectivity index (χ0v) is 18.5. The number of aliphatic hydroxyl groups is 3. The standard InChI is InChI=1S/C23H23F3N4O5/c1-29(19(32)8-12-5-6-15(25)16(26)7-12)23-22(34)20(21(33)18(11-31)35-23)30-10-17(27-28-30)13-3-2-4-14(24)9-13/h2-7,9-10,18,20-23,31,33-34H,8,11H2,1H3/t18-,20+,21+,22-,23-/m1/s1. The summed E-state index contributed by atoms with van der Waals surface area (Å²) in [6, 6.07) is 7.49. The lowest BCUT2D eigenvalue weighted by Gasteiger charge is -2.45. The molecule has 3 aromatic rings. The Hall–Kier alpha value is -3.32. The molecule has 1 aliphatic rings. The molecule has 1 aliphatic heterocycles. The van der Waals surface area contributed by atoms with E-state index in [-0.39, 0.29) is 17.7 Å². The number of carbonyl (C=O) groups excluding carboxylic acids is 1. The number of ether oxygens (including phenoxy) is 1. The van der Waals surface area contributed by atoms with Crippen LogP contribution in [0.4, 0.5) is 13.2 Å². The van der Waals surface area contributed by atoms with E-state index >= 15 is 0 Å². The highest BCUT2D eigenvalue weighted by Gasteiger charge is 2.48. The van der Waals surface area contributed by atoms with Crippen molar-refractivity contribution < 1.29 is 38.0 Å². The molecule has 0 aliphatic carbocycles. The minimum Gasteiger partial charge on any atom is -0.394 e. The van der Waals surface area contributed by atoms with E-state index in [0.717, 1.165) is 17.0 Å². The number of halogens is 3. The molecule has 0 bridgehead atoms. The highest BCUT2D eigenvalue weighted by Crippen LogP contribution is 2.32. The molecular weight excluding hydrogens is 469 g/mol. The molecule has 35 heavy (non-hydrogen) atoms. The van der Waals surface area contributed by atoms with Crippen molar-refractivity contribution in [2.24, 2.45) is 0 Å². The summed E-state index contributed by atoms with van der Waals surface area (Å²) in [6.45, 7) is -0.627. The molecule has 3 N–H and O–H groups in total. The molecule has 1 fully saturated rings. The van der Waals surface area contributed by atoms with Crippen LogP contribution in [0.1, 0.15) is 11.6 Å². The van der Waals surface area contributed by atoms with Gasteiger partial charge in [-0.15, -0.1) is 5.10 Å². The molecule has 2 aromatic carbocycles. The Kier molecular flexibility index (Phi) is 7.17. The molecule has 12 heteroatoms. The highest BCUT2D eigenvalue weighted by atomic mass is 19.2. The van der Waals surface area contributed by atoms with Crippen LogP contribution in [0.15, 0.2) is 48.7 Å². The highest BCUT2D eigenvalue weighted by molar-refractivity contribution is 5.78. The molecule has 4 rings (SSSR count). The summed E-state index contributed by atoms with van der Waals surface area (Å²) in [4.78, 5) is 13.9. The summed E-state index contributed by atoms with van der Waals surface area (Å²) in [7, 11) is 1.33. The summed E-state index contributed by atoms with van der Waals surface area (Å²) in [5.41, 5.74) is 0.897. The molecule has 0 spiro atoms. The van der Waals surface area contributed by atoms with E-state index in [4.69, 9.17) is 4.74 Å². The normalized spacial score (nSPS) is 24.4. The Morgan fingerprint density at radius 3 is 2.57 bits per heavy atom. The van der Waals surface area contributed by atoms with Gasteiger partial charge in [-0.3, -0.25) is 4.79 Å². The molecule has 1 aromatic heterocycles. The second-order valence-electron chi connectivity index (χ2n) is 8.24. The zero-order chi connectivity index (χ0) is 25.3. The molecule has 1 amide bonds. The summed E-state index contributed by atoms with van der Waals surface area (Å²) in [6.07, 6.45) is -4.37. The number of aromatic nitrogens is 3. The van der Waals surface area contributed by atoms with Gasteiger partial charge in [0.1, 0.15) is 35.9 Å². The van der Waals surface area contributed by atoms with Gasteiger partial charge >= 0.3 is 0 Å². The third-order valence-electron chi connectivity index (χ3n) is 5.92. The van der Waals surface area contributed by atoms with E-state index in [9.17, 15) is 33.3 Å². The van der Waals surface area contributed by atoms with E-state index in [1.165, 1.54) is 42.2 Å². The quantitative estimate of drug-likeness (QED) is 0.470. The largest absolute Gasteiger partial charge is 0.394 e. The minimum atomic E-state index is -1.52. The third kappa shape index (κ3) is 5.05. The van der Waals surface area contributed by atoms with Crippen molar-refractivity contribution in [1.82, 2.24) is 19.9 Å². The van der Waals surface area contributed by atoms with Crippen LogP contribution < -0.4 is 0 Å². The lowest BCUT2D eigenvalue weighted by Crippen LogP contribution is -2.61. The minimum absolute atomic E-state index is 0.206. The average molecular weight is 492 g/mol. The van der Waals surface area contributed by atoms with Gasteiger partial charge < -0.3 is 25.0 Å². The molecular formula is C23H23F3N4O5. The monoisotopic (exact) mass is 492 g/mol. The van der Waals surface area contributed by atoms with Gasteiger partial charge in [0.05, 0.1) is 19.2 Å². The van der Waals surface area contributed by atoms with Gasteiger partial charge in [-0.2, -0.15) is 0 Å². The second kappa shape index (κ2) is 10.1. The predicted octanol–water partition coefficient (Wildman–Crippen LogP) is 1.04. The van der Waals surface area contributed by atoms with E-state index in [1.807, 2.05) is 0 Å². The van der Waals surface area contributed by atoms with Crippen LogP contribution in [0.3, 0.4) is 0 Å². The molecule has 5 atom stereocenters. The van der Waals surface area contributed by atoms with Crippen molar-refractivity contribution in [3.05, 3.63) is 71.7 Å². The van der Waals surface area contributed by atoms with Gasteiger partial charge in [0.25, 0.3) is 0 Å². The maximum Gasteiger partial charge on any atom is 0.228 e. The summed E-state index contributed by atoms with van der Waals surface area (Å²) < 4.78 is 47.1. The maximum atomic E-state index is 13.6. The maximum absolute atomic E-state index is 13.6. The Labute approximate surface area is 198 Å². The van der Waals surface area contributed by atoms with Gasteiger partial charge in [0, 0.05) is 12.6 Å². The van der Waals surface area contributed by atoms with Gasteiger partial charge in [-0.05, 0) is 29.8 Å². The number of benzene rings is 2. The van der Waals surface area contributed by atoms with Crippen LogP contribution in [-0.4, -0.2) is 79.3 Å². The first-order valence-electron chi connectivity index (χ1n) is 10.7. The van der Waals surface area contributed by atoms with E-state index in [1.54, 1.807) is 6.07 Å². The Morgan fingerprint density at radius 2 is 1.89 bits per heavy atom. The fourth-order valence-corrected chi connectivity index (χ4v) is 4.01. The smallest absolute Gasteiger partial charge is 0.228 e. The lowest BCUT2D eigenvalue weighted by molar-refractivity contribution is -0.241. The molecule has 2 heterocycles. The van der Waals surface area contributed by atoms with Crippen molar-refractivity contribution in [2.75, 3.05) is 13.7 Å². The molecule has 9 nitrogen and oxygen atoms in total. The first-order chi connectivity index (χ1) is 16.7. The fraction of sp³-hybridized carbons (Fsp3) is 0.348.